The van der Waals surface area contributed by atoms with Crippen molar-refractivity contribution in [2.45, 2.75) is 33.7 Å². The second-order valence-electron chi connectivity index (χ2n) is 4.94. The number of aromatic nitrogens is 2. The highest BCUT2D eigenvalue weighted by atomic mass is 35.5. The van der Waals surface area contributed by atoms with Crippen LogP contribution in [0.25, 0.3) is 0 Å². The number of hydrogen-bond acceptors (Lipinski definition) is 2. The SMILES string of the molecule is Cc1ccc(Cn2nc(C)c(CCN)c2C)c(Cl)c1. The van der Waals surface area contributed by atoms with Gasteiger partial charge in [-0.25, -0.2) is 0 Å². The Bertz CT molecular complexity index is 587. The van der Waals surface area contributed by atoms with Crippen LogP contribution in [0, 0.1) is 20.8 Å². The first-order chi connectivity index (χ1) is 9.02. The number of rotatable bonds is 4. The summed E-state index contributed by atoms with van der Waals surface area (Å²) < 4.78 is 2.01. The van der Waals surface area contributed by atoms with Gasteiger partial charge in [0.15, 0.2) is 0 Å². The summed E-state index contributed by atoms with van der Waals surface area (Å²) in [6, 6.07) is 6.13. The Morgan fingerprint density at radius 2 is 2.00 bits per heavy atom. The van der Waals surface area contributed by atoms with E-state index in [2.05, 4.69) is 24.2 Å². The van der Waals surface area contributed by atoms with Gasteiger partial charge < -0.3 is 5.73 Å². The molecule has 0 fully saturated rings. The first-order valence-electron chi connectivity index (χ1n) is 6.51. The maximum absolute atomic E-state index is 6.28. The van der Waals surface area contributed by atoms with E-state index >= 15 is 0 Å². The normalized spacial score (nSPS) is 11.0. The van der Waals surface area contributed by atoms with Gasteiger partial charge >= 0.3 is 0 Å². The third-order valence-corrected chi connectivity index (χ3v) is 3.81. The quantitative estimate of drug-likeness (QED) is 0.934. The summed E-state index contributed by atoms with van der Waals surface area (Å²) in [6.45, 7) is 7.52. The predicted octanol–water partition coefficient (Wildman–Crippen LogP) is 3.01. The average molecular weight is 278 g/mol. The van der Waals surface area contributed by atoms with Crippen molar-refractivity contribution >= 4 is 11.6 Å². The minimum Gasteiger partial charge on any atom is -0.330 e. The van der Waals surface area contributed by atoms with Crippen LogP contribution in [0.3, 0.4) is 0 Å². The van der Waals surface area contributed by atoms with Gasteiger partial charge in [-0.15, -0.1) is 0 Å². The van der Waals surface area contributed by atoms with E-state index in [1.165, 1.54) is 16.8 Å². The highest BCUT2D eigenvalue weighted by molar-refractivity contribution is 6.31. The molecule has 2 aromatic rings. The van der Waals surface area contributed by atoms with Crippen molar-refractivity contribution in [3.05, 3.63) is 51.3 Å². The Labute approximate surface area is 119 Å². The number of nitrogens with zero attached hydrogens (tertiary/aromatic N) is 2. The van der Waals surface area contributed by atoms with E-state index < -0.39 is 0 Å². The number of hydrogen-bond donors (Lipinski definition) is 1. The lowest BCUT2D eigenvalue weighted by Gasteiger charge is -2.08. The van der Waals surface area contributed by atoms with Gasteiger partial charge in [0.1, 0.15) is 0 Å². The Morgan fingerprint density at radius 3 is 2.63 bits per heavy atom. The Kier molecular flexibility index (Phi) is 4.27. The van der Waals surface area contributed by atoms with Crippen LogP contribution in [-0.2, 0) is 13.0 Å². The van der Waals surface area contributed by atoms with E-state index in [1.54, 1.807) is 0 Å². The van der Waals surface area contributed by atoms with Crippen LogP contribution in [0.5, 0.6) is 0 Å². The molecule has 0 aliphatic rings. The first kappa shape index (κ1) is 14.1. The molecular weight excluding hydrogens is 258 g/mol. The highest BCUT2D eigenvalue weighted by Crippen LogP contribution is 2.21. The van der Waals surface area contributed by atoms with Crippen LogP contribution in [0.15, 0.2) is 18.2 Å². The van der Waals surface area contributed by atoms with Crippen molar-refractivity contribution in [3.8, 4) is 0 Å². The zero-order valence-corrected chi connectivity index (χ0v) is 12.5. The molecule has 4 heteroatoms. The van der Waals surface area contributed by atoms with E-state index in [0.717, 1.165) is 22.7 Å². The zero-order valence-electron chi connectivity index (χ0n) is 11.7. The molecule has 0 unspecified atom stereocenters. The monoisotopic (exact) mass is 277 g/mol. The van der Waals surface area contributed by atoms with Crippen LogP contribution >= 0.6 is 11.6 Å². The molecule has 3 nitrogen and oxygen atoms in total. The Balaban J connectivity index is 2.31. The summed E-state index contributed by atoms with van der Waals surface area (Å²) in [5.41, 5.74) is 11.4. The molecule has 1 heterocycles. The molecule has 0 bridgehead atoms. The van der Waals surface area contributed by atoms with Crippen molar-refractivity contribution in [3.63, 3.8) is 0 Å². The van der Waals surface area contributed by atoms with Gasteiger partial charge in [-0.2, -0.15) is 5.10 Å². The molecule has 19 heavy (non-hydrogen) atoms. The molecule has 0 aliphatic carbocycles. The van der Waals surface area contributed by atoms with Gasteiger partial charge in [-0.05, 0) is 56.5 Å². The van der Waals surface area contributed by atoms with E-state index in [4.69, 9.17) is 17.3 Å². The fraction of sp³-hybridized carbons (Fsp3) is 0.400. The van der Waals surface area contributed by atoms with Crippen LogP contribution in [0.4, 0.5) is 0 Å². The van der Waals surface area contributed by atoms with Gasteiger partial charge in [-0.3, -0.25) is 4.68 Å². The molecule has 2 N–H and O–H groups in total. The second kappa shape index (κ2) is 5.76. The largest absolute Gasteiger partial charge is 0.330 e. The molecule has 0 atom stereocenters. The molecular formula is C15H20ClN3. The Morgan fingerprint density at radius 1 is 1.26 bits per heavy atom. The van der Waals surface area contributed by atoms with Crippen LogP contribution in [0.1, 0.15) is 28.1 Å². The molecule has 1 aromatic carbocycles. The fourth-order valence-corrected chi connectivity index (χ4v) is 2.63. The molecule has 2 rings (SSSR count). The summed E-state index contributed by atoms with van der Waals surface area (Å²) in [6.07, 6.45) is 0.874. The van der Waals surface area contributed by atoms with Crippen molar-refractivity contribution < 1.29 is 0 Å². The van der Waals surface area contributed by atoms with E-state index in [9.17, 15) is 0 Å². The second-order valence-corrected chi connectivity index (χ2v) is 5.35. The van der Waals surface area contributed by atoms with Crippen molar-refractivity contribution in [1.82, 2.24) is 9.78 Å². The van der Waals surface area contributed by atoms with Gasteiger partial charge in [0.2, 0.25) is 0 Å². The molecule has 102 valence electrons. The summed E-state index contributed by atoms with van der Waals surface area (Å²) >= 11 is 6.28. The lowest BCUT2D eigenvalue weighted by Crippen LogP contribution is -2.07. The van der Waals surface area contributed by atoms with Crippen molar-refractivity contribution in [2.24, 2.45) is 5.73 Å². The summed E-state index contributed by atoms with van der Waals surface area (Å²) in [5.74, 6) is 0. The number of aryl methyl sites for hydroxylation is 2. The van der Waals surface area contributed by atoms with Gasteiger partial charge in [0.25, 0.3) is 0 Å². The Hall–Kier alpha value is -1.32. The van der Waals surface area contributed by atoms with E-state index in [-0.39, 0.29) is 0 Å². The minimum absolute atomic E-state index is 0.651. The minimum atomic E-state index is 0.651. The van der Waals surface area contributed by atoms with Crippen LogP contribution in [-0.4, -0.2) is 16.3 Å². The summed E-state index contributed by atoms with van der Waals surface area (Å²) in [5, 5.41) is 5.39. The maximum Gasteiger partial charge on any atom is 0.0677 e. The molecule has 0 saturated carbocycles. The average Bonchev–Trinajstić information content (AvgIpc) is 2.61. The molecule has 0 radical (unpaired) electrons. The third kappa shape index (κ3) is 2.99. The summed E-state index contributed by atoms with van der Waals surface area (Å²) in [4.78, 5) is 0. The summed E-state index contributed by atoms with van der Waals surface area (Å²) in [7, 11) is 0. The number of benzene rings is 1. The molecule has 1 aromatic heterocycles. The molecule has 0 aliphatic heterocycles. The van der Waals surface area contributed by atoms with E-state index in [1.807, 2.05) is 24.6 Å². The third-order valence-electron chi connectivity index (χ3n) is 3.45. The van der Waals surface area contributed by atoms with Crippen molar-refractivity contribution in [2.75, 3.05) is 6.54 Å². The van der Waals surface area contributed by atoms with Gasteiger partial charge in [0.05, 0.1) is 12.2 Å². The standard InChI is InChI=1S/C15H20ClN3/c1-10-4-5-13(15(16)8-10)9-19-12(3)14(6-7-17)11(2)18-19/h4-5,8H,6-7,9,17H2,1-3H3. The van der Waals surface area contributed by atoms with Crippen LogP contribution in [0.2, 0.25) is 5.02 Å². The molecule has 0 amide bonds. The highest BCUT2D eigenvalue weighted by Gasteiger charge is 2.12. The smallest absolute Gasteiger partial charge is 0.0677 e. The molecule has 0 saturated heterocycles. The van der Waals surface area contributed by atoms with E-state index in [0.29, 0.717) is 13.1 Å². The maximum atomic E-state index is 6.28. The van der Waals surface area contributed by atoms with Crippen molar-refractivity contribution in [1.29, 1.82) is 0 Å². The molecule has 0 spiro atoms. The lowest BCUT2D eigenvalue weighted by atomic mass is 10.1. The van der Waals surface area contributed by atoms with Gasteiger partial charge in [0, 0.05) is 10.7 Å². The number of nitrogens with two attached hydrogens (primary N) is 1. The first-order valence-corrected chi connectivity index (χ1v) is 6.88. The lowest BCUT2D eigenvalue weighted by molar-refractivity contribution is 0.658. The number of halogens is 1. The predicted molar refractivity (Wildman–Crippen MR) is 79.8 cm³/mol. The fourth-order valence-electron chi connectivity index (χ4n) is 2.34. The van der Waals surface area contributed by atoms with Gasteiger partial charge in [-0.1, -0.05) is 23.7 Å². The zero-order chi connectivity index (χ0) is 14.0. The van der Waals surface area contributed by atoms with Crippen LogP contribution < -0.4 is 5.73 Å². The topological polar surface area (TPSA) is 43.8 Å².